The lowest BCUT2D eigenvalue weighted by Gasteiger charge is -2.29. The van der Waals surface area contributed by atoms with Crippen molar-refractivity contribution >= 4 is 23.4 Å². The van der Waals surface area contributed by atoms with E-state index in [2.05, 4.69) is 31.3 Å². The van der Waals surface area contributed by atoms with Gasteiger partial charge >= 0.3 is 0 Å². The zero-order chi connectivity index (χ0) is 13.7. The lowest BCUT2D eigenvalue weighted by molar-refractivity contribution is 0.411. The third kappa shape index (κ3) is 4.40. The van der Waals surface area contributed by atoms with Crippen molar-refractivity contribution in [3.8, 4) is 0 Å². The van der Waals surface area contributed by atoms with Crippen molar-refractivity contribution in [3.63, 3.8) is 0 Å². The van der Waals surface area contributed by atoms with E-state index in [1.807, 2.05) is 17.8 Å². The number of unbranched alkanes of at least 4 members (excludes halogenated alkanes) is 2. The Hall–Kier alpha value is -0.180. The summed E-state index contributed by atoms with van der Waals surface area (Å²) < 4.78 is 0. The second kappa shape index (κ2) is 7.56. The first kappa shape index (κ1) is 15.2. The van der Waals surface area contributed by atoms with Gasteiger partial charge < -0.3 is 5.32 Å². The molecule has 106 valence electrons. The van der Waals surface area contributed by atoms with Crippen LogP contribution in [0.1, 0.15) is 57.6 Å². The van der Waals surface area contributed by atoms with Crippen molar-refractivity contribution in [2.45, 2.75) is 62.9 Å². The minimum absolute atomic E-state index is 0.478. The molecule has 1 aromatic rings. The zero-order valence-electron chi connectivity index (χ0n) is 11.9. The van der Waals surface area contributed by atoms with E-state index in [1.165, 1.54) is 48.3 Å². The summed E-state index contributed by atoms with van der Waals surface area (Å²) in [5.41, 5.74) is 1.39. The molecular weight excluding hydrogens is 274 g/mol. The SMILES string of the molecule is CCCCCC(C)NC1CCSc2ccc(Cl)cc21. The van der Waals surface area contributed by atoms with Gasteiger partial charge in [0.2, 0.25) is 0 Å². The Bertz CT molecular complexity index is 408. The van der Waals surface area contributed by atoms with E-state index in [4.69, 9.17) is 11.6 Å². The van der Waals surface area contributed by atoms with Gasteiger partial charge in [0.25, 0.3) is 0 Å². The number of benzene rings is 1. The first-order valence-corrected chi connectivity index (χ1v) is 8.75. The van der Waals surface area contributed by atoms with E-state index in [1.54, 1.807) is 0 Å². The van der Waals surface area contributed by atoms with Gasteiger partial charge in [-0.25, -0.2) is 0 Å². The highest BCUT2D eigenvalue weighted by atomic mass is 35.5. The van der Waals surface area contributed by atoms with Crippen LogP contribution in [0.4, 0.5) is 0 Å². The molecule has 0 spiro atoms. The Morgan fingerprint density at radius 1 is 1.42 bits per heavy atom. The lowest BCUT2D eigenvalue weighted by atomic mass is 10.0. The number of hydrogen-bond donors (Lipinski definition) is 1. The lowest BCUT2D eigenvalue weighted by Crippen LogP contribution is -2.32. The first-order valence-electron chi connectivity index (χ1n) is 7.39. The largest absolute Gasteiger partial charge is 0.307 e. The third-order valence-electron chi connectivity index (χ3n) is 3.74. The van der Waals surface area contributed by atoms with Crippen LogP contribution in [-0.2, 0) is 0 Å². The molecule has 2 unspecified atom stereocenters. The van der Waals surface area contributed by atoms with Crippen LogP contribution in [0.2, 0.25) is 5.02 Å². The molecule has 1 aliphatic rings. The smallest absolute Gasteiger partial charge is 0.0410 e. The number of halogens is 1. The van der Waals surface area contributed by atoms with E-state index >= 15 is 0 Å². The van der Waals surface area contributed by atoms with Crippen LogP contribution in [0.3, 0.4) is 0 Å². The number of hydrogen-bond acceptors (Lipinski definition) is 2. The molecule has 1 N–H and O–H groups in total. The molecule has 0 radical (unpaired) electrons. The van der Waals surface area contributed by atoms with E-state index in [0.717, 1.165) is 5.02 Å². The summed E-state index contributed by atoms with van der Waals surface area (Å²) in [4.78, 5) is 1.40. The quantitative estimate of drug-likeness (QED) is 0.702. The summed E-state index contributed by atoms with van der Waals surface area (Å²) in [6.45, 7) is 4.57. The fourth-order valence-corrected chi connectivity index (χ4v) is 3.95. The molecule has 1 aliphatic heterocycles. The van der Waals surface area contributed by atoms with Gasteiger partial charge in [-0.1, -0.05) is 37.8 Å². The molecule has 19 heavy (non-hydrogen) atoms. The molecule has 1 nitrogen and oxygen atoms in total. The Kier molecular flexibility index (Phi) is 6.06. The minimum Gasteiger partial charge on any atom is -0.307 e. The van der Waals surface area contributed by atoms with E-state index in [-0.39, 0.29) is 0 Å². The van der Waals surface area contributed by atoms with Gasteiger partial charge in [0.1, 0.15) is 0 Å². The van der Waals surface area contributed by atoms with Crippen LogP contribution in [0.15, 0.2) is 23.1 Å². The normalized spacial score (nSPS) is 20.1. The van der Waals surface area contributed by atoms with Crippen molar-refractivity contribution in [3.05, 3.63) is 28.8 Å². The van der Waals surface area contributed by atoms with Crippen LogP contribution in [0, 0.1) is 0 Å². The second-order valence-electron chi connectivity index (χ2n) is 5.44. The fraction of sp³-hybridized carbons (Fsp3) is 0.625. The van der Waals surface area contributed by atoms with Gasteiger partial charge in [0.05, 0.1) is 0 Å². The maximum Gasteiger partial charge on any atom is 0.0410 e. The molecule has 0 aromatic heterocycles. The molecule has 0 saturated carbocycles. The number of rotatable bonds is 6. The zero-order valence-corrected chi connectivity index (χ0v) is 13.5. The molecular formula is C16H24ClNS. The summed E-state index contributed by atoms with van der Waals surface area (Å²) in [6, 6.07) is 7.37. The standard InChI is InChI=1S/C16H24ClNS/c1-3-4-5-6-12(2)18-15-9-10-19-16-8-7-13(17)11-14(15)16/h7-8,11-12,15,18H,3-6,9-10H2,1-2H3. The van der Waals surface area contributed by atoms with Crippen molar-refractivity contribution < 1.29 is 0 Å². The Morgan fingerprint density at radius 3 is 3.05 bits per heavy atom. The van der Waals surface area contributed by atoms with Crippen LogP contribution in [0.25, 0.3) is 0 Å². The highest BCUT2D eigenvalue weighted by molar-refractivity contribution is 7.99. The minimum atomic E-state index is 0.478. The molecule has 0 fully saturated rings. The number of nitrogens with one attached hydrogen (secondary N) is 1. The average molecular weight is 298 g/mol. The number of thioether (sulfide) groups is 1. The van der Waals surface area contributed by atoms with Gasteiger partial charge in [0, 0.05) is 22.0 Å². The van der Waals surface area contributed by atoms with Crippen molar-refractivity contribution in [2.75, 3.05) is 5.75 Å². The molecule has 1 heterocycles. The van der Waals surface area contributed by atoms with Crippen LogP contribution in [-0.4, -0.2) is 11.8 Å². The highest BCUT2D eigenvalue weighted by Crippen LogP contribution is 2.37. The van der Waals surface area contributed by atoms with Crippen molar-refractivity contribution in [1.29, 1.82) is 0 Å². The Balaban J connectivity index is 1.97. The Morgan fingerprint density at radius 2 is 2.26 bits per heavy atom. The topological polar surface area (TPSA) is 12.0 Å². The first-order chi connectivity index (χ1) is 9.20. The van der Waals surface area contributed by atoms with Gasteiger partial charge in [-0.3, -0.25) is 0 Å². The molecule has 0 amide bonds. The predicted octanol–water partition coefficient (Wildman–Crippen LogP) is 5.44. The van der Waals surface area contributed by atoms with Gasteiger partial charge in [-0.05, 0) is 49.3 Å². The van der Waals surface area contributed by atoms with Gasteiger partial charge in [0.15, 0.2) is 0 Å². The molecule has 3 heteroatoms. The van der Waals surface area contributed by atoms with Crippen LogP contribution < -0.4 is 5.32 Å². The molecule has 2 atom stereocenters. The highest BCUT2D eigenvalue weighted by Gasteiger charge is 2.22. The van der Waals surface area contributed by atoms with E-state index in [0.29, 0.717) is 12.1 Å². The molecule has 0 saturated heterocycles. The van der Waals surface area contributed by atoms with Crippen LogP contribution in [0.5, 0.6) is 0 Å². The van der Waals surface area contributed by atoms with Gasteiger partial charge in [-0.15, -0.1) is 11.8 Å². The maximum absolute atomic E-state index is 6.14. The Labute approximate surface area is 126 Å². The average Bonchev–Trinajstić information content (AvgIpc) is 2.40. The molecule has 1 aromatic carbocycles. The molecule has 0 bridgehead atoms. The monoisotopic (exact) mass is 297 g/mol. The summed E-state index contributed by atoms with van der Waals surface area (Å²) in [5.74, 6) is 1.20. The number of fused-ring (bicyclic) bond motifs is 1. The van der Waals surface area contributed by atoms with Crippen LogP contribution >= 0.6 is 23.4 Å². The summed E-state index contributed by atoms with van der Waals surface area (Å²) in [6.07, 6.45) is 6.44. The van der Waals surface area contributed by atoms with Crippen molar-refractivity contribution in [2.24, 2.45) is 0 Å². The second-order valence-corrected chi connectivity index (χ2v) is 7.01. The summed E-state index contributed by atoms with van der Waals surface area (Å²) >= 11 is 8.09. The van der Waals surface area contributed by atoms with E-state index < -0.39 is 0 Å². The maximum atomic E-state index is 6.14. The third-order valence-corrected chi connectivity index (χ3v) is 5.10. The predicted molar refractivity (Wildman–Crippen MR) is 86.3 cm³/mol. The summed E-state index contributed by atoms with van der Waals surface area (Å²) in [5, 5.41) is 4.64. The fourth-order valence-electron chi connectivity index (χ4n) is 2.67. The van der Waals surface area contributed by atoms with E-state index in [9.17, 15) is 0 Å². The van der Waals surface area contributed by atoms with Gasteiger partial charge in [-0.2, -0.15) is 0 Å². The summed E-state index contributed by atoms with van der Waals surface area (Å²) in [7, 11) is 0. The molecule has 2 rings (SSSR count). The van der Waals surface area contributed by atoms with Crippen molar-refractivity contribution in [1.82, 2.24) is 5.32 Å². The molecule has 0 aliphatic carbocycles.